The molecule has 7 nitrogen and oxygen atoms in total. The van der Waals surface area contributed by atoms with Crippen molar-refractivity contribution in [2.45, 2.75) is 25.3 Å². The van der Waals surface area contributed by atoms with E-state index in [0.717, 1.165) is 35.5 Å². The lowest BCUT2D eigenvalue weighted by Gasteiger charge is -2.22. The number of carbonyl (C=O) groups is 1. The van der Waals surface area contributed by atoms with Gasteiger partial charge >= 0.3 is 0 Å². The summed E-state index contributed by atoms with van der Waals surface area (Å²) in [7, 11) is 3.25. The van der Waals surface area contributed by atoms with Crippen LogP contribution in [0.2, 0.25) is 0 Å². The first-order chi connectivity index (χ1) is 14.2. The predicted octanol–water partition coefficient (Wildman–Crippen LogP) is 3.66. The van der Waals surface area contributed by atoms with Gasteiger partial charge < -0.3 is 18.9 Å². The van der Waals surface area contributed by atoms with Crippen LogP contribution < -0.4 is 9.47 Å². The standard InChI is InChI=1S/C22H23N3O4/c1-27-17-9-5-15(6-10-17)14-20(26)25-13-3-4-19(25)22-23-21(24-29-22)16-7-11-18(28-2)12-8-16/h5-12,19H,3-4,13-14H2,1-2H3/t19-/m1/s1. The first kappa shape index (κ1) is 19.0. The van der Waals surface area contributed by atoms with Gasteiger partial charge in [0, 0.05) is 12.1 Å². The maximum Gasteiger partial charge on any atom is 0.249 e. The van der Waals surface area contributed by atoms with E-state index in [9.17, 15) is 4.79 Å². The maximum atomic E-state index is 12.9. The SMILES string of the molecule is COc1ccc(CC(=O)N2CCC[C@@H]2c2nc(-c3ccc(OC)cc3)no2)cc1. The van der Waals surface area contributed by atoms with E-state index in [0.29, 0.717) is 24.7 Å². The Morgan fingerprint density at radius 3 is 2.38 bits per heavy atom. The number of likely N-dealkylation sites (tertiary alicyclic amines) is 1. The minimum absolute atomic E-state index is 0.0573. The van der Waals surface area contributed by atoms with Crippen molar-refractivity contribution in [2.24, 2.45) is 0 Å². The number of aromatic nitrogens is 2. The first-order valence-electron chi connectivity index (χ1n) is 9.58. The van der Waals surface area contributed by atoms with Crippen molar-refractivity contribution in [3.8, 4) is 22.9 Å². The maximum absolute atomic E-state index is 12.9. The van der Waals surface area contributed by atoms with E-state index in [1.54, 1.807) is 14.2 Å². The van der Waals surface area contributed by atoms with Crippen LogP contribution in [0.4, 0.5) is 0 Å². The smallest absolute Gasteiger partial charge is 0.249 e. The minimum Gasteiger partial charge on any atom is -0.497 e. The van der Waals surface area contributed by atoms with Crippen LogP contribution in [0.1, 0.15) is 30.3 Å². The Morgan fingerprint density at radius 2 is 1.72 bits per heavy atom. The van der Waals surface area contributed by atoms with Crippen LogP contribution >= 0.6 is 0 Å². The average molecular weight is 393 g/mol. The molecule has 0 N–H and O–H groups in total. The molecule has 0 radical (unpaired) electrons. The van der Waals surface area contributed by atoms with Crippen molar-refractivity contribution >= 4 is 5.91 Å². The van der Waals surface area contributed by atoms with E-state index in [-0.39, 0.29) is 11.9 Å². The van der Waals surface area contributed by atoms with Crippen molar-refractivity contribution in [1.29, 1.82) is 0 Å². The van der Waals surface area contributed by atoms with Gasteiger partial charge in [-0.3, -0.25) is 4.79 Å². The van der Waals surface area contributed by atoms with E-state index >= 15 is 0 Å². The lowest BCUT2D eigenvalue weighted by atomic mass is 10.1. The highest BCUT2D eigenvalue weighted by molar-refractivity contribution is 5.79. The Balaban J connectivity index is 1.47. The van der Waals surface area contributed by atoms with Gasteiger partial charge in [-0.25, -0.2) is 0 Å². The molecule has 29 heavy (non-hydrogen) atoms. The summed E-state index contributed by atoms with van der Waals surface area (Å²) in [5, 5.41) is 4.10. The van der Waals surface area contributed by atoms with Crippen LogP contribution in [-0.4, -0.2) is 41.7 Å². The molecular weight excluding hydrogens is 370 g/mol. The summed E-state index contributed by atoms with van der Waals surface area (Å²) in [6, 6.07) is 14.8. The largest absolute Gasteiger partial charge is 0.497 e. The number of hydrogen-bond donors (Lipinski definition) is 0. The fraction of sp³-hybridized carbons (Fsp3) is 0.318. The Morgan fingerprint density at radius 1 is 1.07 bits per heavy atom. The molecule has 0 spiro atoms. The Kier molecular flexibility index (Phi) is 5.46. The molecule has 1 atom stereocenters. The van der Waals surface area contributed by atoms with Crippen LogP contribution in [0, 0.1) is 0 Å². The van der Waals surface area contributed by atoms with E-state index in [2.05, 4.69) is 10.1 Å². The number of amides is 1. The number of carbonyl (C=O) groups excluding carboxylic acids is 1. The highest BCUT2D eigenvalue weighted by atomic mass is 16.5. The predicted molar refractivity (Wildman–Crippen MR) is 107 cm³/mol. The molecule has 1 amide bonds. The molecule has 1 saturated heterocycles. The Labute approximate surface area is 169 Å². The third-order valence-electron chi connectivity index (χ3n) is 5.16. The van der Waals surface area contributed by atoms with Crippen molar-refractivity contribution in [3.05, 3.63) is 60.0 Å². The fourth-order valence-corrected chi connectivity index (χ4v) is 3.57. The summed E-state index contributed by atoms with van der Waals surface area (Å²) in [6.07, 6.45) is 2.07. The van der Waals surface area contributed by atoms with Gasteiger partial charge in [-0.1, -0.05) is 17.3 Å². The highest BCUT2D eigenvalue weighted by Gasteiger charge is 2.34. The Bertz CT molecular complexity index is 966. The summed E-state index contributed by atoms with van der Waals surface area (Å²) in [4.78, 5) is 19.3. The zero-order chi connectivity index (χ0) is 20.2. The number of benzene rings is 2. The summed E-state index contributed by atoms with van der Waals surface area (Å²) >= 11 is 0. The first-order valence-corrected chi connectivity index (χ1v) is 9.58. The van der Waals surface area contributed by atoms with Crippen molar-refractivity contribution in [3.63, 3.8) is 0 Å². The molecule has 7 heteroatoms. The molecule has 150 valence electrons. The molecule has 1 aliphatic heterocycles. The molecule has 4 rings (SSSR count). The molecule has 1 aromatic heterocycles. The summed E-state index contributed by atoms with van der Waals surface area (Å²) in [5.41, 5.74) is 1.79. The van der Waals surface area contributed by atoms with E-state index in [1.165, 1.54) is 0 Å². The van der Waals surface area contributed by atoms with Gasteiger partial charge in [0.05, 0.1) is 20.6 Å². The second-order valence-electron chi connectivity index (χ2n) is 6.95. The highest BCUT2D eigenvalue weighted by Crippen LogP contribution is 2.33. The van der Waals surface area contributed by atoms with Crippen molar-refractivity contribution in [1.82, 2.24) is 15.0 Å². The molecule has 0 saturated carbocycles. The average Bonchev–Trinajstić information content (AvgIpc) is 3.44. The summed E-state index contributed by atoms with van der Waals surface area (Å²) < 4.78 is 15.9. The van der Waals surface area contributed by atoms with Crippen LogP contribution in [0.5, 0.6) is 11.5 Å². The lowest BCUT2D eigenvalue weighted by Crippen LogP contribution is -2.32. The van der Waals surface area contributed by atoms with Gasteiger partial charge in [0.25, 0.3) is 0 Å². The number of ether oxygens (including phenoxy) is 2. The topological polar surface area (TPSA) is 77.7 Å². The molecular formula is C22H23N3O4. The molecule has 2 heterocycles. The van der Waals surface area contributed by atoms with Gasteiger partial charge in [-0.2, -0.15) is 4.98 Å². The van der Waals surface area contributed by atoms with Gasteiger partial charge in [0.2, 0.25) is 17.6 Å². The third kappa shape index (κ3) is 4.08. The number of methoxy groups -OCH3 is 2. The normalized spacial score (nSPS) is 16.1. The van der Waals surface area contributed by atoms with Gasteiger partial charge in [0.1, 0.15) is 17.5 Å². The number of nitrogens with zero attached hydrogens (tertiary/aromatic N) is 3. The summed E-state index contributed by atoms with van der Waals surface area (Å²) in [6.45, 7) is 0.694. The lowest BCUT2D eigenvalue weighted by molar-refractivity contribution is -0.131. The molecule has 1 aliphatic rings. The second-order valence-corrected chi connectivity index (χ2v) is 6.95. The summed E-state index contributed by atoms with van der Waals surface area (Å²) in [5.74, 6) is 2.59. The number of rotatable bonds is 6. The van der Waals surface area contributed by atoms with Gasteiger partial charge in [-0.05, 0) is 54.8 Å². The molecule has 2 aromatic carbocycles. The third-order valence-corrected chi connectivity index (χ3v) is 5.16. The Hall–Kier alpha value is -3.35. The van der Waals surface area contributed by atoms with Crippen LogP contribution in [-0.2, 0) is 11.2 Å². The molecule has 1 fully saturated rings. The van der Waals surface area contributed by atoms with Gasteiger partial charge in [0.15, 0.2) is 0 Å². The van der Waals surface area contributed by atoms with Crippen molar-refractivity contribution < 1.29 is 18.8 Å². The fourth-order valence-electron chi connectivity index (χ4n) is 3.57. The molecule has 3 aromatic rings. The van der Waals surface area contributed by atoms with E-state index < -0.39 is 0 Å². The van der Waals surface area contributed by atoms with Gasteiger partial charge in [-0.15, -0.1) is 0 Å². The zero-order valence-electron chi connectivity index (χ0n) is 16.5. The minimum atomic E-state index is -0.180. The van der Waals surface area contributed by atoms with Crippen LogP contribution in [0.15, 0.2) is 53.1 Å². The molecule has 0 bridgehead atoms. The van der Waals surface area contributed by atoms with E-state index in [1.807, 2.05) is 53.4 Å². The number of hydrogen-bond acceptors (Lipinski definition) is 6. The monoisotopic (exact) mass is 393 g/mol. The zero-order valence-corrected chi connectivity index (χ0v) is 16.5. The van der Waals surface area contributed by atoms with E-state index in [4.69, 9.17) is 14.0 Å². The van der Waals surface area contributed by atoms with Crippen molar-refractivity contribution in [2.75, 3.05) is 20.8 Å². The van der Waals surface area contributed by atoms with Crippen LogP contribution in [0.25, 0.3) is 11.4 Å². The van der Waals surface area contributed by atoms with Crippen LogP contribution in [0.3, 0.4) is 0 Å². The quantitative estimate of drug-likeness (QED) is 0.636. The second kappa shape index (κ2) is 8.34. The molecule has 0 aliphatic carbocycles. The molecule has 0 unspecified atom stereocenters.